The lowest BCUT2D eigenvalue weighted by Crippen LogP contribution is -2.20. The smallest absolute Gasteiger partial charge is 0.280 e. The Kier molecular flexibility index (Phi) is 4.24. The molecule has 5 rings (SSSR count). The van der Waals surface area contributed by atoms with E-state index in [1.165, 1.54) is 6.21 Å². The van der Waals surface area contributed by atoms with E-state index in [0.29, 0.717) is 17.1 Å². The molecule has 0 aliphatic carbocycles. The first-order valence-electron chi connectivity index (χ1n) is 9.44. The summed E-state index contributed by atoms with van der Waals surface area (Å²) in [5, 5.41) is 5.16. The van der Waals surface area contributed by atoms with Gasteiger partial charge in [0.15, 0.2) is 11.5 Å². The zero-order chi connectivity index (χ0) is 20.7. The van der Waals surface area contributed by atoms with E-state index >= 15 is 0 Å². The maximum Gasteiger partial charge on any atom is 0.280 e. The first-order chi connectivity index (χ1) is 14.6. The van der Waals surface area contributed by atoms with Gasteiger partial charge in [0.05, 0.1) is 28.7 Å². The first-order valence-corrected chi connectivity index (χ1v) is 9.44. The van der Waals surface area contributed by atoms with Gasteiger partial charge in [0, 0.05) is 30.4 Å². The van der Waals surface area contributed by atoms with Crippen LogP contribution in [-0.4, -0.2) is 27.4 Å². The zero-order valence-electron chi connectivity index (χ0n) is 16.5. The standard InChI is InChI=1S/C22H19N5O3/c1-14-8-19(17-9-20-21(30-13-29-20)10-18(17)24-14)25-23-11-15-12-26(2)27(22(15)28)16-6-4-3-5-7-16/h3-12H,13H2,1-2H3,(H,24,25)/b23-11+. The number of hydrogen-bond acceptors (Lipinski definition) is 6. The Morgan fingerprint density at radius 3 is 2.70 bits per heavy atom. The number of nitrogens with zero attached hydrogens (tertiary/aromatic N) is 4. The summed E-state index contributed by atoms with van der Waals surface area (Å²) >= 11 is 0. The second-order valence-corrected chi connectivity index (χ2v) is 7.01. The maximum absolute atomic E-state index is 12.8. The van der Waals surface area contributed by atoms with Gasteiger partial charge in [-0.2, -0.15) is 5.10 Å². The summed E-state index contributed by atoms with van der Waals surface area (Å²) in [5.41, 5.74) is 6.55. The number of nitrogens with one attached hydrogen (secondary N) is 1. The van der Waals surface area contributed by atoms with Crippen molar-refractivity contribution in [3.63, 3.8) is 0 Å². The normalized spacial score (nSPS) is 12.7. The van der Waals surface area contributed by atoms with E-state index < -0.39 is 0 Å². The first kappa shape index (κ1) is 18.0. The molecular weight excluding hydrogens is 382 g/mol. The molecule has 1 aliphatic rings. The average molecular weight is 401 g/mol. The van der Waals surface area contributed by atoms with Crippen LogP contribution in [-0.2, 0) is 7.05 Å². The zero-order valence-corrected chi connectivity index (χ0v) is 16.5. The number of rotatable bonds is 4. The maximum atomic E-state index is 12.8. The van der Waals surface area contributed by atoms with Gasteiger partial charge in [0.25, 0.3) is 5.56 Å². The summed E-state index contributed by atoms with van der Waals surface area (Å²) in [6, 6.07) is 15.1. The minimum Gasteiger partial charge on any atom is -0.454 e. The van der Waals surface area contributed by atoms with Crippen LogP contribution in [0.15, 0.2) is 64.6 Å². The van der Waals surface area contributed by atoms with Crippen LogP contribution in [0.2, 0.25) is 0 Å². The molecule has 3 heterocycles. The third kappa shape index (κ3) is 3.08. The SMILES string of the molecule is Cc1cc(N/N=C/c2cn(C)n(-c3ccccc3)c2=O)c2cc3c(cc2n1)OCO3. The molecule has 0 amide bonds. The van der Waals surface area contributed by atoms with E-state index in [9.17, 15) is 4.79 Å². The number of aromatic nitrogens is 3. The highest BCUT2D eigenvalue weighted by molar-refractivity contribution is 5.94. The number of para-hydroxylation sites is 1. The molecule has 8 nitrogen and oxygen atoms in total. The van der Waals surface area contributed by atoms with E-state index in [1.54, 1.807) is 15.6 Å². The molecule has 0 unspecified atom stereocenters. The van der Waals surface area contributed by atoms with Crippen LogP contribution in [0, 0.1) is 6.92 Å². The lowest BCUT2D eigenvalue weighted by atomic mass is 10.1. The van der Waals surface area contributed by atoms with Gasteiger partial charge in [-0.3, -0.25) is 19.9 Å². The van der Waals surface area contributed by atoms with E-state index in [-0.39, 0.29) is 12.4 Å². The topological polar surface area (TPSA) is 82.7 Å². The molecule has 1 aliphatic heterocycles. The fraction of sp³-hybridized carbons (Fsp3) is 0.136. The predicted molar refractivity (Wildman–Crippen MR) is 115 cm³/mol. The Bertz CT molecular complexity index is 1340. The number of aryl methyl sites for hydroxylation is 2. The molecule has 30 heavy (non-hydrogen) atoms. The summed E-state index contributed by atoms with van der Waals surface area (Å²) < 4.78 is 14.2. The van der Waals surface area contributed by atoms with Crippen LogP contribution in [0.25, 0.3) is 16.6 Å². The van der Waals surface area contributed by atoms with E-state index in [1.807, 2.05) is 62.5 Å². The lowest BCUT2D eigenvalue weighted by molar-refractivity contribution is 0.174. The molecule has 2 aromatic heterocycles. The predicted octanol–water partition coefficient (Wildman–Crippen LogP) is 3.21. The number of pyridine rings is 1. The number of hydrazone groups is 1. The van der Waals surface area contributed by atoms with Gasteiger partial charge in [0.1, 0.15) is 0 Å². The van der Waals surface area contributed by atoms with Gasteiger partial charge in [-0.15, -0.1) is 0 Å². The highest BCUT2D eigenvalue weighted by Gasteiger charge is 2.16. The minimum atomic E-state index is -0.145. The number of fused-ring (bicyclic) bond motifs is 2. The van der Waals surface area contributed by atoms with Crippen LogP contribution in [0.5, 0.6) is 11.5 Å². The van der Waals surface area contributed by atoms with E-state index in [0.717, 1.165) is 28.0 Å². The fourth-order valence-electron chi connectivity index (χ4n) is 3.55. The number of ether oxygens (including phenoxy) is 2. The highest BCUT2D eigenvalue weighted by Crippen LogP contribution is 2.38. The average Bonchev–Trinajstić information content (AvgIpc) is 3.30. The van der Waals surface area contributed by atoms with Crippen molar-refractivity contribution in [2.45, 2.75) is 6.92 Å². The fourth-order valence-corrected chi connectivity index (χ4v) is 3.55. The van der Waals surface area contributed by atoms with Crippen LogP contribution < -0.4 is 20.5 Å². The molecule has 1 N–H and O–H groups in total. The van der Waals surface area contributed by atoms with Crippen molar-refractivity contribution in [3.8, 4) is 17.2 Å². The van der Waals surface area contributed by atoms with Crippen molar-refractivity contribution in [1.29, 1.82) is 0 Å². The molecule has 0 bridgehead atoms. The monoisotopic (exact) mass is 401 g/mol. The van der Waals surface area contributed by atoms with Crippen molar-refractivity contribution in [2.75, 3.05) is 12.2 Å². The van der Waals surface area contributed by atoms with Crippen molar-refractivity contribution < 1.29 is 9.47 Å². The molecule has 0 radical (unpaired) electrons. The van der Waals surface area contributed by atoms with Crippen molar-refractivity contribution >= 4 is 22.8 Å². The van der Waals surface area contributed by atoms with Crippen LogP contribution in [0.3, 0.4) is 0 Å². The van der Waals surface area contributed by atoms with Crippen molar-refractivity contribution in [1.82, 2.24) is 14.3 Å². The number of anilines is 1. The van der Waals surface area contributed by atoms with E-state index in [2.05, 4.69) is 15.5 Å². The molecule has 8 heteroatoms. The summed E-state index contributed by atoms with van der Waals surface area (Å²) in [5.74, 6) is 1.36. The summed E-state index contributed by atoms with van der Waals surface area (Å²) in [6.45, 7) is 2.11. The molecule has 0 fully saturated rings. The summed E-state index contributed by atoms with van der Waals surface area (Å²) in [4.78, 5) is 17.4. The Labute approximate surface area is 172 Å². The minimum absolute atomic E-state index is 0.145. The quantitative estimate of drug-likeness (QED) is 0.419. The van der Waals surface area contributed by atoms with Gasteiger partial charge < -0.3 is 9.47 Å². The highest BCUT2D eigenvalue weighted by atomic mass is 16.7. The molecule has 0 saturated heterocycles. The Hall–Kier alpha value is -4.07. The molecule has 150 valence electrons. The summed E-state index contributed by atoms with van der Waals surface area (Å²) in [6.07, 6.45) is 3.27. The second kappa shape index (κ2) is 7.07. The molecule has 0 saturated carbocycles. The number of benzene rings is 2. The van der Waals surface area contributed by atoms with Crippen LogP contribution in [0.4, 0.5) is 5.69 Å². The molecule has 2 aromatic carbocycles. The van der Waals surface area contributed by atoms with Crippen molar-refractivity contribution in [3.05, 3.63) is 76.3 Å². The summed E-state index contributed by atoms with van der Waals surface area (Å²) in [7, 11) is 1.82. The van der Waals surface area contributed by atoms with Crippen LogP contribution in [0.1, 0.15) is 11.3 Å². The van der Waals surface area contributed by atoms with Gasteiger partial charge in [-0.25, -0.2) is 4.68 Å². The van der Waals surface area contributed by atoms with E-state index in [4.69, 9.17) is 9.47 Å². The van der Waals surface area contributed by atoms with Gasteiger partial charge >= 0.3 is 0 Å². The van der Waals surface area contributed by atoms with Crippen LogP contribution >= 0.6 is 0 Å². The van der Waals surface area contributed by atoms with Gasteiger partial charge in [-0.05, 0) is 31.2 Å². The van der Waals surface area contributed by atoms with Gasteiger partial charge in [0.2, 0.25) is 6.79 Å². The Balaban J connectivity index is 1.47. The molecule has 0 spiro atoms. The number of hydrogen-bond donors (Lipinski definition) is 1. The largest absolute Gasteiger partial charge is 0.454 e. The Morgan fingerprint density at radius 2 is 1.90 bits per heavy atom. The molecule has 0 atom stereocenters. The molecular formula is C22H19N5O3. The molecule has 4 aromatic rings. The van der Waals surface area contributed by atoms with Gasteiger partial charge in [-0.1, -0.05) is 18.2 Å². The lowest BCUT2D eigenvalue weighted by Gasteiger charge is -2.08. The Morgan fingerprint density at radius 1 is 1.13 bits per heavy atom. The third-order valence-electron chi connectivity index (χ3n) is 4.90. The second-order valence-electron chi connectivity index (χ2n) is 7.01. The van der Waals surface area contributed by atoms with Crippen molar-refractivity contribution in [2.24, 2.45) is 12.1 Å². The third-order valence-corrected chi connectivity index (χ3v) is 4.90.